The molecule has 2 aliphatic rings. The molecule has 2 atom stereocenters. The van der Waals surface area contributed by atoms with Gasteiger partial charge in [-0.3, -0.25) is 4.90 Å². The van der Waals surface area contributed by atoms with Crippen LogP contribution in [-0.4, -0.2) is 37.1 Å². The van der Waals surface area contributed by atoms with Gasteiger partial charge in [0, 0.05) is 19.1 Å². The number of nitrogens with zero attached hydrogens (tertiary/aromatic N) is 1. The Bertz CT molecular complexity index is 224. The molecule has 0 aromatic carbocycles. The number of hydrogen-bond acceptors (Lipinski definition) is 2. The number of rotatable bonds is 1. The van der Waals surface area contributed by atoms with Crippen molar-refractivity contribution < 1.29 is 0 Å². The first-order valence-electron chi connectivity index (χ1n) is 7.54. The van der Waals surface area contributed by atoms with Gasteiger partial charge in [0.05, 0.1) is 0 Å². The van der Waals surface area contributed by atoms with Crippen molar-refractivity contribution in [1.82, 2.24) is 10.2 Å². The summed E-state index contributed by atoms with van der Waals surface area (Å²) in [6.45, 7) is 12.3. The maximum Gasteiger partial charge on any atom is 0.0129 e. The third kappa shape index (κ3) is 3.45. The van der Waals surface area contributed by atoms with Crippen LogP contribution in [0.2, 0.25) is 0 Å². The molecule has 1 saturated carbocycles. The van der Waals surface area contributed by atoms with E-state index < -0.39 is 0 Å². The van der Waals surface area contributed by atoms with Gasteiger partial charge in [-0.15, -0.1) is 0 Å². The summed E-state index contributed by atoms with van der Waals surface area (Å²) in [7, 11) is 0. The van der Waals surface area contributed by atoms with Crippen molar-refractivity contribution in [2.75, 3.05) is 26.2 Å². The summed E-state index contributed by atoms with van der Waals surface area (Å²) in [5.74, 6) is 0.898. The first-order chi connectivity index (χ1) is 8.09. The summed E-state index contributed by atoms with van der Waals surface area (Å²) >= 11 is 0. The lowest BCUT2D eigenvalue weighted by Crippen LogP contribution is -2.48. The van der Waals surface area contributed by atoms with Crippen molar-refractivity contribution in [3.8, 4) is 0 Å². The standard InChI is InChI=1S/C15H30N2/c1-15(2,3)13-7-4-5-8-14(13)17-11-6-9-16-10-12-17/h13-14,16H,4-12H2,1-3H3. The van der Waals surface area contributed by atoms with E-state index in [0.29, 0.717) is 5.41 Å². The van der Waals surface area contributed by atoms with Crippen LogP contribution in [0.15, 0.2) is 0 Å². The summed E-state index contributed by atoms with van der Waals surface area (Å²) in [5, 5.41) is 3.53. The molecule has 0 aromatic heterocycles. The monoisotopic (exact) mass is 238 g/mol. The zero-order chi connectivity index (χ0) is 12.3. The van der Waals surface area contributed by atoms with Gasteiger partial charge < -0.3 is 5.32 Å². The van der Waals surface area contributed by atoms with Crippen molar-refractivity contribution in [1.29, 1.82) is 0 Å². The number of hydrogen-bond donors (Lipinski definition) is 1. The summed E-state index contributed by atoms with van der Waals surface area (Å²) < 4.78 is 0. The molecule has 0 bridgehead atoms. The normalized spacial score (nSPS) is 33.4. The molecular weight excluding hydrogens is 208 g/mol. The van der Waals surface area contributed by atoms with E-state index in [9.17, 15) is 0 Å². The zero-order valence-corrected chi connectivity index (χ0v) is 12.0. The van der Waals surface area contributed by atoms with Crippen LogP contribution in [0.25, 0.3) is 0 Å². The van der Waals surface area contributed by atoms with E-state index >= 15 is 0 Å². The molecule has 1 aliphatic carbocycles. The van der Waals surface area contributed by atoms with Crippen LogP contribution in [0, 0.1) is 11.3 Å². The van der Waals surface area contributed by atoms with E-state index in [-0.39, 0.29) is 0 Å². The quantitative estimate of drug-likeness (QED) is 0.755. The summed E-state index contributed by atoms with van der Waals surface area (Å²) in [5.41, 5.74) is 0.477. The zero-order valence-electron chi connectivity index (χ0n) is 12.0. The van der Waals surface area contributed by atoms with Gasteiger partial charge in [0.1, 0.15) is 0 Å². The lowest BCUT2D eigenvalue weighted by molar-refractivity contribution is 0.0452. The van der Waals surface area contributed by atoms with Crippen LogP contribution < -0.4 is 5.32 Å². The third-order valence-corrected chi connectivity index (χ3v) is 4.69. The number of nitrogens with one attached hydrogen (secondary N) is 1. The van der Waals surface area contributed by atoms with Crippen LogP contribution in [-0.2, 0) is 0 Å². The van der Waals surface area contributed by atoms with E-state index in [1.54, 1.807) is 0 Å². The molecule has 2 rings (SSSR count). The van der Waals surface area contributed by atoms with Crippen LogP contribution in [0.1, 0.15) is 52.9 Å². The van der Waals surface area contributed by atoms with Gasteiger partial charge in [-0.25, -0.2) is 0 Å². The second kappa shape index (κ2) is 5.71. The van der Waals surface area contributed by atoms with Crippen molar-refractivity contribution in [2.45, 2.75) is 58.9 Å². The van der Waals surface area contributed by atoms with Crippen molar-refractivity contribution in [3.05, 3.63) is 0 Å². The van der Waals surface area contributed by atoms with E-state index in [1.165, 1.54) is 58.3 Å². The van der Waals surface area contributed by atoms with E-state index in [4.69, 9.17) is 0 Å². The molecule has 0 spiro atoms. The van der Waals surface area contributed by atoms with Crippen molar-refractivity contribution >= 4 is 0 Å². The van der Waals surface area contributed by atoms with Crippen molar-refractivity contribution in [3.63, 3.8) is 0 Å². The summed E-state index contributed by atoms with van der Waals surface area (Å²) in [4.78, 5) is 2.79. The Kier molecular flexibility index (Phi) is 4.48. The second-order valence-corrected chi connectivity index (χ2v) is 6.96. The largest absolute Gasteiger partial charge is 0.315 e. The van der Waals surface area contributed by atoms with Gasteiger partial charge in [-0.2, -0.15) is 0 Å². The molecule has 2 nitrogen and oxygen atoms in total. The Hall–Kier alpha value is -0.0800. The maximum absolute atomic E-state index is 3.53. The van der Waals surface area contributed by atoms with Gasteiger partial charge >= 0.3 is 0 Å². The molecule has 1 N–H and O–H groups in total. The van der Waals surface area contributed by atoms with Gasteiger partial charge in [-0.05, 0) is 43.7 Å². The minimum Gasteiger partial charge on any atom is -0.315 e. The van der Waals surface area contributed by atoms with Gasteiger partial charge in [0.2, 0.25) is 0 Å². The highest BCUT2D eigenvalue weighted by atomic mass is 15.2. The van der Waals surface area contributed by atoms with Crippen molar-refractivity contribution in [2.24, 2.45) is 11.3 Å². The SMILES string of the molecule is CC(C)(C)C1CCCCC1N1CCCNCC1. The van der Waals surface area contributed by atoms with E-state index in [1.807, 2.05) is 0 Å². The topological polar surface area (TPSA) is 15.3 Å². The molecule has 17 heavy (non-hydrogen) atoms. The van der Waals surface area contributed by atoms with Gasteiger partial charge in [0.15, 0.2) is 0 Å². The first kappa shape index (κ1) is 13.4. The molecule has 0 radical (unpaired) electrons. The Labute approximate surface area is 107 Å². The second-order valence-electron chi connectivity index (χ2n) is 6.96. The summed E-state index contributed by atoms with van der Waals surface area (Å²) in [6.07, 6.45) is 7.10. The highest BCUT2D eigenvalue weighted by Crippen LogP contribution is 2.40. The molecule has 1 saturated heterocycles. The fraction of sp³-hybridized carbons (Fsp3) is 1.00. The summed E-state index contributed by atoms with van der Waals surface area (Å²) in [6, 6.07) is 0.851. The smallest absolute Gasteiger partial charge is 0.0129 e. The third-order valence-electron chi connectivity index (χ3n) is 4.69. The molecule has 1 heterocycles. The Morgan fingerprint density at radius 3 is 2.47 bits per heavy atom. The minimum absolute atomic E-state index is 0.477. The molecule has 2 heteroatoms. The highest BCUT2D eigenvalue weighted by molar-refractivity contribution is 4.90. The predicted molar refractivity (Wildman–Crippen MR) is 74.3 cm³/mol. The van der Waals surface area contributed by atoms with E-state index in [2.05, 4.69) is 31.0 Å². The molecule has 1 aliphatic heterocycles. The van der Waals surface area contributed by atoms with Gasteiger partial charge in [0.25, 0.3) is 0 Å². The fourth-order valence-electron chi connectivity index (χ4n) is 3.76. The molecule has 0 amide bonds. The Balaban J connectivity index is 2.04. The predicted octanol–water partition coefficient (Wildman–Crippen LogP) is 2.89. The molecular formula is C15H30N2. The lowest BCUT2D eigenvalue weighted by atomic mass is 9.69. The molecule has 2 unspecified atom stereocenters. The minimum atomic E-state index is 0.477. The molecule has 0 aromatic rings. The molecule has 100 valence electrons. The average Bonchev–Trinajstić information content (AvgIpc) is 2.56. The highest BCUT2D eigenvalue weighted by Gasteiger charge is 2.37. The van der Waals surface area contributed by atoms with Crippen LogP contribution in [0.5, 0.6) is 0 Å². The maximum atomic E-state index is 3.53. The van der Waals surface area contributed by atoms with E-state index in [0.717, 1.165) is 12.0 Å². The fourth-order valence-corrected chi connectivity index (χ4v) is 3.76. The van der Waals surface area contributed by atoms with Gasteiger partial charge in [-0.1, -0.05) is 33.6 Å². The molecule has 2 fully saturated rings. The Morgan fingerprint density at radius 1 is 0.941 bits per heavy atom. The van der Waals surface area contributed by atoms with Crippen LogP contribution >= 0.6 is 0 Å². The van der Waals surface area contributed by atoms with Crippen LogP contribution in [0.3, 0.4) is 0 Å². The first-order valence-corrected chi connectivity index (χ1v) is 7.54. The average molecular weight is 238 g/mol. The lowest BCUT2D eigenvalue weighted by Gasteiger charge is -2.45. The van der Waals surface area contributed by atoms with Crippen LogP contribution in [0.4, 0.5) is 0 Å². The Morgan fingerprint density at radius 2 is 1.71 bits per heavy atom.